The minimum atomic E-state index is -0.962. The summed E-state index contributed by atoms with van der Waals surface area (Å²) in [4.78, 5) is 20.8. The van der Waals surface area contributed by atoms with Gasteiger partial charge in [-0.15, -0.1) is 0 Å². The molecule has 0 unspecified atom stereocenters. The third kappa shape index (κ3) is 6.21. The number of hydrazone groups is 2. The van der Waals surface area contributed by atoms with Gasteiger partial charge in [0.15, 0.2) is 5.84 Å². The van der Waals surface area contributed by atoms with E-state index in [9.17, 15) is 4.79 Å². The molecule has 1 saturated carbocycles. The van der Waals surface area contributed by atoms with Gasteiger partial charge in [-0.05, 0) is 52.6 Å². The lowest BCUT2D eigenvalue weighted by Crippen LogP contribution is -2.49. The number of nitrogens with zero attached hydrogens (tertiary/aromatic N) is 5. The van der Waals surface area contributed by atoms with E-state index < -0.39 is 11.1 Å². The van der Waals surface area contributed by atoms with Gasteiger partial charge in [-0.25, -0.2) is 5.01 Å². The van der Waals surface area contributed by atoms with Crippen LogP contribution in [-0.2, 0) is 16.9 Å². The van der Waals surface area contributed by atoms with E-state index in [-0.39, 0.29) is 5.91 Å². The van der Waals surface area contributed by atoms with Crippen molar-refractivity contribution < 1.29 is 4.79 Å². The molecule has 1 aliphatic carbocycles. The summed E-state index contributed by atoms with van der Waals surface area (Å²) in [6, 6.07) is 47.5. The van der Waals surface area contributed by atoms with Gasteiger partial charge in [0.2, 0.25) is 0 Å². The van der Waals surface area contributed by atoms with Crippen molar-refractivity contribution in [3.05, 3.63) is 167 Å². The van der Waals surface area contributed by atoms with Gasteiger partial charge < -0.3 is 5.84 Å². The number of amidine groups is 2. The first-order valence-electron chi connectivity index (χ1n) is 18.4. The predicted octanol–water partition coefficient (Wildman–Crippen LogP) is 9.13. The van der Waals surface area contributed by atoms with E-state index in [4.69, 9.17) is 15.9 Å². The maximum absolute atomic E-state index is 13.8. The first-order valence-corrected chi connectivity index (χ1v) is 18.4. The highest BCUT2D eigenvalue weighted by Gasteiger charge is 2.49. The van der Waals surface area contributed by atoms with Crippen LogP contribution >= 0.6 is 0 Å². The SMILES string of the molecule is C=NN(/C(=N\N)c1ccccc1-c1ccc(CN2C(=O)C3(CCCC3)N=C2CCCC)cc1)C(c1ccccc1)(c1ccccc1)c1ccccc1. The van der Waals surface area contributed by atoms with Crippen LogP contribution in [0.3, 0.4) is 0 Å². The van der Waals surface area contributed by atoms with Crippen molar-refractivity contribution in [1.82, 2.24) is 9.91 Å². The van der Waals surface area contributed by atoms with Crippen LogP contribution in [0.4, 0.5) is 0 Å². The van der Waals surface area contributed by atoms with Crippen molar-refractivity contribution in [2.75, 3.05) is 0 Å². The summed E-state index contributed by atoms with van der Waals surface area (Å²) in [7, 11) is 0. The number of rotatable bonds is 12. The standard InChI is InChI=1S/C45H46N6O/c1-3-4-26-41-48-44(31-16-17-32-44)43(52)50(41)33-34-27-29-35(30-28-34)39-24-14-15-25-40(39)42(49-46)51(47-2)45(36-18-8-5-9-19-36,37-20-10-6-11-21-37)38-22-12-7-13-23-38/h5-15,18-25,27-30H,2-4,16-17,26,31-33,46H2,1H3/b49-42-. The molecule has 7 nitrogen and oxygen atoms in total. The average molecular weight is 687 g/mol. The van der Waals surface area contributed by atoms with Crippen molar-refractivity contribution in [2.24, 2.45) is 21.0 Å². The van der Waals surface area contributed by atoms with Gasteiger partial charge in [-0.1, -0.05) is 166 Å². The summed E-state index contributed by atoms with van der Waals surface area (Å²) in [5.74, 6) is 7.98. The zero-order valence-corrected chi connectivity index (χ0v) is 29.9. The zero-order valence-electron chi connectivity index (χ0n) is 29.9. The lowest BCUT2D eigenvalue weighted by molar-refractivity contribution is -0.131. The molecule has 1 aliphatic heterocycles. The molecule has 7 heteroatoms. The molecule has 0 saturated heterocycles. The van der Waals surface area contributed by atoms with Gasteiger partial charge in [-0.3, -0.25) is 14.7 Å². The highest BCUT2D eigenvalue weighted by Crippen LogP contribution is 2.44. The highest BCUT2D eigenvalue weighted by molar-refractivity contribution is 6.08. The van der Waals surface area contributed by atoms with Crippen LogP contribution in [0, 0.1) is 0 Å². The number of unbranched alkanes of at least 4 members (excludes halogenated alkanes) is 1. The Morgan fingerprint density at radius 3 is 1.87 bits per heavy atom. The maximum atomic E-state index is 13.8. The first kappa shape index (κ1) is 34.6. The summed E-state index contributed by atoms with van der Waals surface area (Å²) in [5.41, 5.74) is 5.27. The highest BCUT2D eigenvalue weighted by atomic mass is 16.2. The Morgan fingerprint density at radius 1 is 0.808 bits per heavy atom. The molecule has 0 aromatic heterocycles. The summed E-state index contributed by atoms with van der Waals surface area (Å²) in [6.07, 6.45) is 6.77. The van der Waals surface area contributed by atoms with Crippen molar-refractivity contribution in [1.29, 1.82) is 0 Å². The van der Waals surface area contributed by atoms with E-state index in [1.165, 1.54) is 0 Å². The molecular formula is C45H46N6O. The van der Waals surface area contributed by atoms with Crippen molar-refractivity contribution in [3.8, 4) is 11.1 Å². The van der Waals surface area contributed by atoms with Crippen molar-refractivity contribution in [3.63, 3.8) is 0 Å². The first-order chi connectivity index (χ1) is 25.6. The molecule has 262 valence electrons. The van der Waals surface area contributed by atoms with Gasteiger partial charge in [0.25, 0.3) is 5.91 Å². The van der Waals surface area contributed by atoms with Gasteiger partial charge >= 0.3 is 0 Å². The van der Waals surface area contributed by atoms with Crippen molar-refractivity contribution >= 4 is 24.3 Å². The lowest BCUT2D eigenvalue weighted by atomic mass is 9.76. The molecule has 2 aliphatic rings. The summed E-state index contributed by atoms with van der Waals surface area (Å²) in [5, 5.41) is 11.1. The topological polar surface area (TPSA) is 86.7 Å². The van der Waals surface area contributed by atoms with E-state index in [2.05, 4.69) is 85.5 Å². The molecule has 0 radical (unpaired) electrons. The van der Waals surface area contributed by atoms with E-state index in [0.29, 0.717) is 12.4 Å². The van der Waals surface area contributed by atoms with Crippen LogP contribution < -0.4 is 5.84 Å². The summed E-state index contributed by atoms with van der Waals surface area (Å²) >= 11 is 0. The minimum Gasteiger partial charge on any atom is -0.321 e. The number of amides is 1. The Labute approximate surface area is 307 Å². The molecule has 1 spiro atoms. The molecule has 0 atom stereocenters. The molecule has 1 fully saturated rings. The fourth-order valence-electron chi connectivity index (χ4n) is 8.08. The van der Waals surface area contributed by atoms with Gasteiger partial charge in [0.05, 0.1) is 6.54 Å². The molecule has 1 heterocycles. The lowest BCUT2D eigenvalue weighted by Gasteiger charge is -2.43. The number of benzene rings is 5. The Bertz CT molecular complexity index is 1960. The van der Waals surface area contributed by atoms with E-state index in [1.807, 2.05) is 82.7 Å². The number of aliphatic imine (C=N–C) groups is 1. The number of carbonyl (C=O) groups excluding carboxylic acids is 1. The van der Waals surface area contributed by atoms with E-state index in [1.54, 1.807) is 0 Å². The Kier molecular flexibility index (Phi) is 10.1. The third-order valence-electron chi connectivity index (χ3n) is 10.6. The Morgan fingerprint density at radius 2 is 1.35 bits per heavy atom. The average Bonchev–Trinajstić information content (AvgIpc) is 3.79. The van der Waals surface area contributed by atoms with E-state index >= 15 is 0 Å². The number of nitrogens with two attached hydrogens (primary N) is 1. The van der Waals surface area contributed by atoms with E-state index in [0.717, 1.165) is 89.7 Å². The second-order valence-corrected chi connectivity index (χ2v) is 13.7. The zero-order chi connectivity index (χ0) is 36.0. The molecular weight excluding hydrogens is 641 g/mol. The molecule has 5 aromatic carbocycles. The van der Waals surface area contributed by atoms with Gasteiger partial charge in [-0.2, -0.15) is 10.2 Å². The fourth-order valence-corrected chi connectivity index (χ4v) is 8.08. The summed E-state index contributed by atoms with van der Waals surface area (Å²) < 4.78 is 0. The van der Waals surface area contributed by atoms with Crippen LogP contribution in [0.25, 0.3) is 11.1 Å². The van der Waals surface area contributed by atoms with Crippen molar-refractivity contribution in [2.45, 2.75) is 69.5 Å². The predicted molar refractivity (Wildman–Crippen MR) is 212 cm³/mol. The Hall–Kier alpha value is -5.82. The fraction of sp³-hybridized carbons (Fsp3) is 0.244. The molecule has 1 amide bonds. The molecule has 5 aromatic rings. The number of hydrogen-bond acceptors (Lipinski definition) is 5. The molecule has 52 heavy (non-hydrogen) atoms. The third-order valence-corrected chi connectivity index (χ3v) is 10.6. The maximum Gasteiger partial charge on any atom is 0.256 e. The second-order valence-electron chi connectivity index (χ2n) is 13.7. The van der Waals surface area contributed by atoms with Crippen LogP contribution in [-0.4, -0.2) is 39.7 Å². The second kappa shape index (κ2) is 15.2. The largest absolute Gasteiger partial charge is 0.321 e. The number of hydrogen-bond donors (Lipinski definition) is 1. The smallest absolute Gasteiger partial charge is 0.256 e. The normalized spacial score (nSPS) is 15.6. The van der Waals surface area contributed by atoms with Crippen LogP contribution in [0.2, 0.25) is 0 Å². The van der Waals surface area contributed by atoms with Gasteiger partial charge in [0, 0.05) is 18.7 Å². The minimum absolute atomic E-state index is 0.171. The van der Waals surface area contributed by atoms with Crippen LogP contribution in [0.5, 0.6) is 0 Å². The number of carbonyl (C=O) groups is 1. The molecule has 2 N–H and O–H groups in total. The quantitative estimate of drug-likeness (QED) is 0.0467. The molecule has 0 bridgehead atoms. The summed E-state index contributed by atoms with van der Waals surface area (Å²) in [6.45, 7) is 6.81. The monoisotopic (exact) mass is 686 g/mol. The van der Waals surface area contributed by atoms with Crippen LogP contribution in [0.15, 0.2) is 155 Å². The Balaban J connectivity index is 1.27. The van der Waals surface area contributed by atoms with Crippen LogP contribution in [0.1, 0.15) is 79.7 Å². The molecule has 7 rings (SSSR count). The van der Waals surface area contributed by atoms with Gasteiger partial charge in [0.1, 0.15) is 16.9 Å².